The van der Waals surface area contributed by atoms with Crippen LogP contribution in [0.1, 0.15) is 42.3 Å². The van der Waals surface area contributed by atoms with Crippen molar-refractivity contribution in [3.8, 4) is 0 Å². The Kier molecular flexibility index (Phi) is 6.61. The summed E-state index contributed by atoms with van der Waals surface area (Å²) in [6.45, 7) is 5.01. The highest BCUT2D eigenvalue weighted by Gasteiger charge is 2.11. The predicted molar refractivity (Wildman–Crippen MR) is 112 cm³/mol. The van der Waals surface area contributed by atoms with Crippen molar-refractivity contribution in [1.29, 1.82) is 0 Å². The van der Waals surface area contributed by atoms with Crippen molar-refractivity contribution >= 4 is 16.8 Å². The number of hydrogen-bond acceptors (Lipinski definition) is 4. The van der Waals surface area contributed by atoms with E-state index in [0.717, 1.165) is 10.1 Å². The van der Waals surface area contributed by atoms with Gasteiger partial charge in [-0.15, -0.1) is 0 Å². The summed E-state index contributed by atoms with van der Waals surface area (Å²) >= 11 is 0. The van der Waals surface area contributed by atoms with E-state index in [0.29, 0.717) is 36.0 Å². The van der Waals surface area contributed by atoms with Crippen LogP contribution in [0.25, 0.3) is 10.9 Å². The molecule has 1 amide bonds. The number of benzene rings is 2. The smallest absolute Gasteiger partial charge is 0.328 e. The number of ether oxygens (including phenoxy) is 1. The van der Waals surface area contributed by atoms with E-state index in [2.05, 4.69) is 10.3 Å². The van der Waals surface area contributed by atoms with Gasteiger partial charge in [0.1, 0.15) is 0 Å². The van der Waals surface area contributed by atoms with Gasteiger partial charge in [0.15, 0.2) is 0 Å². The van der Waals surface area contributed by atoms with Crippen LogP contribution >= 0.6 is 0 Å². The number of rotatable bonds is 8. The molecule has 1 heterocycles. The molecule has 0 aliphatic carbocycles. The summed E-state index contributed by atoms with van der Waals surface area (Å²) in [7, 11) is 0. The first-order valence-electron chi connectivity index (χ1n) is 9.73. The van der Waals surface area contributed by atoms with E-state index in [1.54, 1.807) is 19.1 Å². The maximum Gasteiger partial charge on any atom is 0.328 e. The van der Waals surface area contributed by atoms with Crippen LogP contribution in [-0.4, -0.2) is 28.6 Å². The van der Waals surface area contributed by atoms with E-state index in [4.69, 9.17) is 4.74 Å². The minimum atomic E-state index is -0.479. The van der Waals surface area contributed by atoms with E-state index >= 15 is 0 Å². The Labute approximate surface area is 168 Å². The molecule has 0 saturated carbocycles. The highest BCUT2D eigenvalue weighted by Crippen LogP contribution is 2.15. The van der Waals surface area contributed by atoms with Crippen LogP contribution < -0.4 is 16.6 Å². The lowest BCUT2D eigenvalue weighted by Gasteiger charge is -2.13. The van der Waals surface area contributed by atoms with E-state index < -0.39 is 5.69 Å². The number of aromatic amines is 1. The lowest BCUT2D eigenvalue weighted by molar-refractivity contribution is 0.0635. The minimum absolute atomic E-state index is 0.00335. The third-order valence-corrected chi connectivity index (χ3v) is 4.80. The molecule has 3 rings (SSSR count). The van der Waals surface area contributed by atoms with Gasteiger partial charge in [-0.2, -0.15) is 0 Å². The average Bonchev–Trinajstić information content (AvgIpc) is 2.73. The van der Waals surface area contributed by atoms with Crippen LogP contribution in [0.3, 0.4) is 0 Å². The summed E-state index contributed by atoms with van der Waals surface area (Å²) in [5.41, 5.74) is 1.02. The Hall–Kier alpha value is -3.19. The molecule has 0 aliphatic heterocycles. The summed E-state index contributed by atoms with van der Waals surface area (Å²) < 4.78 is 6.92. The van der Waals surface area contributed by atoms with Crippen molar-refractivity contribution in [3.63, 3.8) is 0 Å². The van der Waals surface area contributed by atoms with Crippen LogP contribution in [0.5, 0.6) is 0 Å². The zero-order valence-electron chi connectivity index (χ0n) is 16.6. The number of nitrogens with zero attached hydrogens (tertiary/aromatic N) is 1. The van der Waals surface area contributed by atoms with Gasteiger partial charge < -0.3 is 15.0 Å². The molecular weight excluding hydrogens is 370 g/mol. The van der Waals surface area contributed by atoms with E-state index in [9.17, 15) is 14.4 Å². The van der Waals surface area contributed by atoms with E-state index in [-0.39, 0.29) is 24.1 Å². The van der Waals surface area contributed by atoms with Crippen molar-refractivity contribution in [2.45, 2.75) is 32.9 Å². The number of aromatic nitrogens is 2. The van der Waals surface area contributed by atoms with Gasteiger partial charge in [-0.3, -0.25) is 14.2 Å². The summed E-state index contributed by atoms with van der Waals surface area (Å²) in [5, 5.41) is 3.22. The van der Waals surface area contributed by atoms with Crippen molar-refractivity contribution < 1.29 is 9.53 Å². The zero-order chi connectivity index (χ0) is 20.8. The molecule has 1 atom stereocenters. The van der Waals surface area contributed by atoms with Crippen molar-refractivity contribution in [2.24, 2.45) is 0 Å². The van der Waals surface area contributed by atoms with Crippen molar-refractivity contribution in [3.05, 3.63) is 80.5 Å². The van der Waals surface area contributed by atoms with Gasteiger partial charge in [0.05, 0.1) is 17.0 Å². The van der Waals surface area contributed by atoms with Gasteiger partial charge in [0, 0.05) is 25.3 Å². The Bertz CT molecular complexity index is 1100. The van der Waals surface area contributed by atoms with Gasteiger partial charge in [-0.25, -0.2) is 4.79 Å². The SMILES string of the molecule is CCn1c(=O)[nH]c2cc(C(=O)NCCCOC(C)c3ccccc3)ccc2c1=O. The number of nitrogens with one attached hydrogen (secondary N) is 2. The molecule has 3 aromatic rings. The number of H-pyrrole nitrogens is 1. The average molecular weight is 395 g/mol. The van der Waals surface area contributed by atoms with Crippen molar-refractivity contribution in [1.82, 2.24) is 14.9 Å². The lowest BCUT2D eigenvalue weighted by atomic mass is 10.1. The largest absolute Gasteiger partial charge is 0.374 e. The standard InChI is InChI=1S/C22H25N3O4/c1-3-25-21(27)18-11-10-17(14-19(18)24-22(25)28)20(26)23-12-7-13-29-15(2)16-8-5-4-6-9-16/h4-6,8-11,14-15H,3,7,12-13H2,1-2H3,(H,23,26)(H,24,28). The summed E-state index contributed by atoms with van der Waals surface area (Å²) in [6, 6.07) is 14.6. The van der Waals surface area contributed by atoms with Gasteiger partial charge in [0.25, 0.3) is 11.5 Å². The summed E-state index contributed by atoms with van der Waals surface area (Å²) in [6.07, 6.45) is 0.672. The van der Waals surface area contributed by atoms with Crippen LogP contribution in [-0.2, 0) is 11.3 Å². The molecule has 7 nitrogen and oxygen atoms in total. The quantitative estimate of drug-likeness (QED) is 0.574. The normalized spacial score (nSPS) is 12.1. The first-order valence-corrected chi connectivity index (χ1v) is 9.73. The minimum Gasteiger partial charge on any atom is -0.374 e. The molecule has 2 aromatic carbocycles. The number of hydrogen-bond donors (Lipinski definition) is 2. The van der Waals surface area contributed by atoms with Crippen LogP contribution in [0, 0.1) is 0 Å². The van der Waals surface area contributed by atoms with Gasteiger partial charge in [-0.1, -0.05) is 30.3 Å². The van der Waals surface area contributed by atoms with Crippen molar-refractivity contribution in [2.75, 3.05) is 13.2 Å². The van der Waals surface area contributed by atoms with Gasteiger partial charge in [-0.05, 0) is 44.0 Å². The molecule has 0 spiro atoms. The highest BCUT2D eigenvalue weighted by molar-refractivity contribution is 5.97. The van der Waals surface area contributed by atoms with E-state index in [1.807, 2.05) is 37.3 Å². The fourth-order valence-corrected chi connectivity index (χ4v) is 3.14. The number of carbonyl (C=O) groups excluding carboxylic acids is 1. The van der Waals surface area contributed by atoms with Gasteiger partial charge >= 0.3 is 5.69 Å². The molecule has 0 aliphatic rings. The third-order valence-electron chi connectivity index (χ3n) is 4.80. The molecule has 0 bridgehead atoms. The number of amides is 1. The van der Waals surface area contributed by atoms with Gasteiger partial charge in [0.2, 0.25) is 0 Å². The number of fused-ring (bicyclic) bond motifs is 1. The Morgan fingerprint density at radius 1 is 1.17 bits per heavy atom. The first-order chi connectivity index (χ1) is 14.0. The van der Waals surface area contributed by atoms with Crippen LogP contribution in [0.2, 0.25) is 0 Å². The lowest BCUT2D eigenvalue weighted by Crippen LogP contribution is -2.34. The topological polar surface area (TPSA) is 93.2 Å². The summed E-state index contributed by atoms with van der Waals surface area (Å²) in [4.78, 5) is 39.3. The fraction of sp³-hybridized carbons (Fsp3) is 0.318. The molecule has 1 unspecified atom stereocenters. The van der Waals surface area contributed by atoms with Crippen LogP contribution in [0.15, 0.2) is 58.1 Å². The molecular formula is C22H25N3O4. The first kappa shape index (κ1) is 20.5. The molecule has 0 radical (unpaired) electrons. The second kappa shape index (κ2) is 9.34. The Balaban J connectivity index is 1.55. The molecule has 1 aromatic heterocycles. The second-order valence-corrected chi connectivity index (χ2v) is 6.77. The Morgan fingerprint density at radius 3 is 2.66 bits per heavy atom. The molecule has 29 heavy (non-hydrogen) atoms. The van der Waals surface area contributed by atoms with E-state index in [1.165, 1.54) is 6.07 Å². The second-order valence-electron chi connectivity index (χ2n) is 6.77. The molecule has 0 fully saturated rings. The molecule has 7 heteroatoms. The maximum absolute atomic E-state index is 12.4. The number of carbonyl (C=O) groups is 1. The molecule has 0 saturated heterocycles. The molecule has 152 valence electrons. The Morgan fingerprint density at radius 2 is 1.93 bits per heavy atom. The fourth-order valence-electron chi connectivity index (χ4n) is 3.14. The molecule has 2 N–H and O–H groups in total. The highest BCUT2D eigenvalue weighted by atomic mass is 16.5. The maximum atomic E-state index is 12.4. The monoisotopic (exact) mass is 395 g/mol. The third kappa shape index (κ3) is 4.81. The predicted octanol–water partition coefficient (Wildman–Crippen LogP) is 2.61. The van der Waals surface area contributed by atoms with Crippen LogP contribution in [0.4, 0.5) is 0 Å². The zero-order valence-corrected chi connectivity index (χ0v) is 16.6. The summed E-state index contributed by atoms with van der Waals surface area (Å²) in [5.74, 6) is -0.261.